The van der Waals surface area contributed by atoms with Crippen molar-refractivity contribution in [2.45, 2.75) is 32.4 Å². The molecule has 0 unspecified atom stereocenters. The molecule has 0 radical (unpaired) electrons. The van der Waals surface area contributed by atoms with Crippen LogP contribution in [0.25, 0.3) is 0 Å². The Bertz CT molecular complexity index is 405. The first-order chi connectivity index (χ1) is 9.48. The van der Waals surface area contributed by atoms with Crippen LogP contribution in [0.1, 0.15) is 25.8 Å². The second-order valence-electron chi connectivity index (χ2n) is 6.12. The third-order valence-corrected chi connectivity index (χ3v) is 3.78. The van der Waals surface area contributed by atoms with E-state index in [4.69, 9.17) is 5.73 Å². The number of nitrogens with zero attached hydrogens (tertiary/aromatic N) is 3. The second-order valence-corrected chi connectivity index (χ2v) is 6.12. The van der Waals surface area contributed by atoms with Crippen LogP contribution < -0.4 is 10.6 Å². The van der Waals surface area contributed by atoms with Crippen LogP contribution >= 0.6 is 0 Å². The molecule has 0 spiro atoms. The van der Waals surface area contributed by atoms with Crippen molar-refractivity contribution >= 4 is 5.82 Å². The van der Waals surface area contributed by atoms with Gasteiger partial charge < -0.3 is 15.7 Å². The molecule has 0 aliphatic carbocycles. The van der Waals surface area contributed by atoms with Gasteiger partial charge >= 0.3 is 0 Å². The third kappa shape index (κ3) is 4.44. The fourth-order valence-corrected chi connectivity index (χ4v) is 2.36. The Morgan fingerprint density at radius 3 is 2.45 bits per heavy atom. The summed E-state index contributed by atoms with van der Waals surface area (Å²) >= 11 is 0. The van der Waals surface area contributed by atoms with Crippen LogP contribution in [0, 0.1) is 0 Å². The van der Waals surface area contributed by atoms with Gasteiger partial charge in [-0.2, -0.15) is 0 Å². The van der Waals surface area contributed by atoms with Crippen LogP contribution in [0.5, 0.6) is 0 Å². The fraction of sp³-hybridized carbons (Fsp3) is 0.667. The molecule has 0 atom stereocenters. The topological polar surface area (TPSA) is 65.6 Å². The van der Waals surface area contributed by atoms with E-state index in [1.165, 1.54) is 0 Å². The predicted molar refractivity (Wildman–Crippen MR) is 81.7 cm³/mol. The summed E-state index contributed by atoms with van der Waals surface area (Å²) in [5.41, 5.74) is 6.08. The first-order valence-corrected chi connectivity index (χ1v) is 7.32. The summed E-state index contributed by atoms with van der Waals surface area (Å²) in [6, 6.07) is 4.09. The average molecular weight is 278 g/mol. The number of rotatable bonds is 5. The molecule has 1 aliphatic heterocycles. The molecule has 0 amide bonds. The van der Waals surface area contributed by atoms with Gasteiger partial charge in [0.05, 0.1) is 5.60 Å². The highest BCUT2D eigenvalue weighted by Crippen LogP contribution is 2.15. The summed E-state index contributed by atoms with van der Waals surface area (Å²) < 4.78 is 0. The average Bonchev–Trinajstić information content (AvgIpc) is 2.45. The van der Waals surface area contributed by atoms with Gasteiger partial charge in [-0.25, -0.2) is 4.98 Å². The molecule has 20 heavy (non-hydrogen) atoms. The monoisotopic (exact) mass is 278 g/mol. The van der Waals surface area contributed by atoms with Crippen molar-refractivity contribution in [3.8, 4) is 0 Å². The zero-order valence-corrected chi connectivity index (χ0v) is 12.5. The maximum Gasteiger partial charge on any atom is 0.128 e. The number of anilines is 1. The third-order valence-electron chi connectivity index (χ3n) is 3.78. The van der Waals surface area contributed by atoms with Crippen LogP contribution in [-0.4, -0.2) is 53.3 Å². The van der Waals surface area contributed by atoms with Crippen LogP contribution in [0.3, 0.4) is 0 Å². The van der Waals surface area contributed by atoms with Gasteiger partial charge in [0.1, 0.15) is 5.82 Å². The Hall–Kier alpha value is -1.17. The van der Waals surface area contributed by atoms with Gasteiger partial charge in [0, 0.05) is 45.5 Å². The first kappa shape index (κ1) is 15.2. The zero-order chi connectivity index (χ0) is 14.6. The summed E-state index contributed by atoms with van der Waals surface area (Å²) in [5.74, 6) is 1.03. The SMILES string of the molecule is CC(C)(O)CCN1CCN(c2ccc(CN)cn2)CC1. The minimum Gasteiger partial charge on any atom is -0.390 e. The van der Waals surface area contributed by atoms with Crippen LogP contribution in [0.4, 0.5) is 5.82 Å². The Morgan fingerprint density at radius 1 is 1.25 bits per heavy atom. The number of aliphatic hydroxyl groups is 1. The molecule has 2 rings (SSSR count). The zero-order valence-electron chi connectivity index (χ0n) is 12.5. The second kappa shape index (κ2) is 6.52. The molecule has 1 aliphatic rings. The predicted octanol–water partition coefficient (Wildman–Crippen LogP) is 0.823. The number of hydrogen-bond donors (Lipinski definition) is 2. The molecule has 5 heteroatoms. The Labute approximate surface area is 121 Å². The summed E-state index contributed by atoms with van der Waals surface area (Å²) in [6.07, 6.45) is 2.67. The van der Waals surface area contributed by atoms with E-state index in [1.807, 2.05) is 26.1 Å². The summed E-state index contributed by atoms with van der Waals surface area (Å²) in [4.78, 5) is 9.18. The number of aromatic nitrogens is 1. The van der Waals surface area contributed by atoms with Crippen molar-refractivity contribution in [3.05, 3.63) is 23.9 Å². The largest absolute Gasteiger partial charge is 0.390 e. The van der Waals surface area contributed by atoms with E-state index < -0.39 is 5.60 Å². The molecular formula is C15H26N4O. The fourth-order valence-electron chi connectivity index (χ4n) is 2.36. The van der Waals surface area contributed by atoms with E-state index in [-0.39, 0.29) is 0 Å². The molecule has 1 aromatic rings. The van der Waals surface area contributed by atoms with E-state index >= 15 is 0 Å². The maximum atomic E-state index is 9.77. The molecule has 3 N–H and O–H groups in total. The standard InChI is InChI=1S/C15H26N4O/c1-15(2,20)5-6-18-7-9-19(10-8-18)14-4-3-13(11-16)12-17-14/h3-4,12,20H,5-11,16H2,1-2H3. The van der Waals surface area contributed by atoms with E-state index in [1.54, 1.807) is 0 Å². The van der Waals surface area contributed by atoms with Crippen molar-refractivity contribution in [2.24, 2.45) is 5.73 Å². The maximum absolute atomic E-state index is 9.77. The minimum atomic E-state index is -0.573. The quantitative estimate of drug-likeness (QED) is 0.835. The minimum absolute atomic E-state index is 0.540. The van der Waals surface area contributed by atoms with Crippen molar-refractivity contribution in [1.29, 1.82) is 0 Å². The van der Waals surface area contributed by atoms with Crippen LogP contribution in [-0.2, 0) is 6.54 Å². The highest BCUT2D eigenvalue weighted by molar-refractivity contribution is 5.39. The Kier molecular flexibility index (Phi) is 4.96. The van der Waals surface area contributed by atoms with Crippen molar-refractivity contribution in [1.82, 2.24) is 9.88 Å². The molecule has 112 valence electrons. The molecule has 1 aromatic heterocycles. The highest BCUT2D eigenvalue weighted by Gasteiger charge is 2.20. The lowest BCUT2D eigenvalue weighted by atomic mass is 10.1. The van der Waals surface area contributed by atoms with E-state index in [2.05, 4.69) is 20.9 Å². The van der Waals surface area contributed by atoms with Gasteiger partial charge in [-0.15, -0.1) is 0 Å². The van der Waals surface area contributed by atoms with E-state index in [9.17, 15) is 5.11 Å². The molecule has 0 saturated carbocycles. The van der Waals surface area contributed by atoms with Gasteiger partial charge in [-0.05, 0) is 31.9 Å². The van der Waals surface area contributed by atoms with Crippen LogP contribution in [0.2, 0.25) is 0 Å². The number of hydrogen-bond acceptors (Lipinski definition) is 5. The Balaban J connectivity index is 1.81. The van der Waals surface area contributed by atoms with E-state index in [0.717, 1.165) is 50.5 Å². The van der Waals surface area contributed by atoms with E-state index in [0.29, 0.717) is 6.54 Å². The summed E-state index contributed by atoms with van der Waals surface area (Å²) in [5, 5.41) is 9.77. The van der Waals surface area contributed by atoms with Gasteiger partial charge in [0.2, 0.25) is 0 Å². The number of nitrogens with two attached hydrogens (primary N) is 1. The smallest absolute Gasteiger partial charge is 0.128 e. The van der Waals surface area contributed by atoms with Gasteiger partial charge in [0.15, 0.2) is 0 Å². The van der Waals surface area contributed by atoms with Crippen molar-refractivity contribution < 1.29 is 5.11 Å². The lowest BCUT2D eigenvalue weighted by Gasteiger charge is -2.36. The summed E-state index contributed by atoms with van der Waals surface area (Å²) in [7, 11) is 0. The van der Waals surface area contributed by atoms with Gasteiger partial charge in [0.25, 0.3) is 0 Å². The molecular weight excluding hydrogens is 252 g/mol. The lowest BCUT2D eigenvalue weighted by molar-refractivity contribution is 0.0568. The number of pyridine rings is 1. The molecule has 1 saturated heterocycles. The Morgan fingerprint density at radius 2 is 1.95 bits per heavy atom. The van der Waals surface area contributed by atoms with Crippen molar-refractivity contribution in [2.75, 3.05) is 37.6 Å². The number of piperazine rings is 1. The molecule has 0 aromatic carbocycles. The van der Waals surface area contributed by atoms with Crippen molar-refractivity contribution in [3.63, 3.8) is 0 Å². The normalized spacial score (nSPS) is 17.5. The summed E-state index contributed by atoms with van der Waals surface area (Å²) in [6.45, 7) is 9.25. The highest BCUT2D eigenvalue weighted by atomic mass is 16.3. The lowest BCUT2D eigenvalue weighted by Crippen LogP contribution is -2.47. The molecule has 1 fully saturated rings. The van der Waals surface area contributed by atoms with Gasteiger partial charge in [-0.1, -0.05) is 6.07 Å². The molecule has 0 bridgehead atoms. The molecule has 5 nitrogen and oxygen atoms in total. The first-order valence-electron chi connectivity index (χ1n) is 7.32. The van der Waals surface area contributed by atoms with Crippen LogP contribution in [0.15, 0.2) is 18.3 Å². The molecule has 2 heterocycles. The van der Waals surface area contributed by atoms with Gasteiger partial charge in [-0.3, -0.25) is 4.90 Å².